The predicted molar refractivity (Wildman–Crippen MR) is 196 cm³/mol. The summed E-state index contributed by atoms with van der Waals surface area (Å²) in [5.41, 5.74) is 0. The first-order chi connectivity index (χ1) is 24.5. The van der Waals surface area contributed by atoms with Crippen molar-refractivity contribution in [2.75, 3.05) is 19.0 Å². The molecular weight excluding hydrogens is 680 g/mol. The lowest BCUT2D eigenvalue weighted by Gasteiger charge is -2.40. The third kappa shape index (κ3) is 24.9. The Bertz CT molecular complexity index is 1060. The van der Waals surface area contributed by atoms with Crippen molar-refractivity contribution in [2.24, 2.45) is 0 Å². The van der Waals surface area contributed by atoms with Gasteiger partial charge in [-0.2, -0.15) is 8.42 Å². The highest BCUT2D eigenvalue weighted by atomic mass is 32.2. The van der Waals surface area contributed by atoms with Gasteiger partial charge in [-0.05, 0) is 19.3 Å². The van der Waals surface area contributed by atoms with Gasteiger partial charge >= 0.3 is 11.9 Å². The normalized spacial score (nSPS) is 21.7. The second-order valence-corrected chi connectivity index (χ2v) is 15.2. The number of rotatable bonds is 31. The van der Waals surface area contributed by atoms with E-state index in [1.165, 1.54) is 89.5 Å². The number of aliphatic hydroxyl groups is 3. The number of carbonyl (C=O) groups excluding carboxylic acids is 2. The molecule has 0 bridgehead atoms. The van der Waals surface area contributed by atoms with Crippen LogP contribution in [-0.4, -0.2) is 96.0 Å². The Balaban J connectivity index is 2.57. The molecule has 0 aromatic carbocycles. The molecule has 1 fully saturated rings. The van der Waals surface area contributed by atoms with Gasteiger partial charge < -0.3 is 34.3 Å². The lowest BCUT2D eigenvalue weighted by Crippen LogP contribution is -2.60. The second kappa shape index (κ2) is 29.6. The van der Waals surface area contributed by atoms with Crippen molar-refractivity contribution in [1.29, 1.82) is 0 Å². The van der Waals surface area contributed by atoms with Crippen molar-refractivity contribution >= 4 is 22.1 Å². The minimum atomic E-state index is -4.60. The van der Waals surface area contributed by atoms with E-state index in [-0.39, 0.29) is 13.0 Å². The summed E-state index contributed by atoms with van der Waals surface area (Å²) in [5.74, 6) is -2.25. The summed E-state index contributed by atoms with van der Waals surface area (Å²) in [6.07, 6.45) is 20.3. The molecule has 1 aliphatic rings. The standard InChI is InChI=1S/C38H68O12S/c1-3-5-7-9-11-13-14-15-16-17-18-19-21-23-25-27-34(40)49-31(28-47-33(39)26-24-22-20-12-10-8-6-4-2)29-48-38-37(43)36(42)35(41)32(50-38)30-51(44,45)46/h21,23,25,27,31-32,35-38,41-43H,3-20,22,24,26,28-30H2,1-2H3,(H,44,45,46)/b23-21+,27-25+/t31-,32-,35-,36?,37?,38+/m1/s1. The highest BCUT2D eigenvalue weighted by Gasteiger charge is 2.46. The number of allylic oxidation sites excluding steroid dienone is 3. The molecule has 1 saturated heterocycles. The van der Waals surface area contributed by atoms with E-state index in [4.69, 9.17) is 18.9 Å². The van der Waals surface area contributed by atoms with E-state index in [0.717, 1.165) is 38.5 Å². The summed E-state index contributed by atoms with van der Waals surface area (Å²) < 4.78 is 53.5. The van der Waals surface area contributed by atoms with Crippen molar-refractivity contribution in [3.63, 3.8) is 0 Å². The molecule has 1 aliphatic heterocycles. The number of esters is 2. The van der Waals surface area contributed by atoms with Gasteiger partial charge in [0, 0.05) is 12.5 Å². The van der Waals surface area contributed by atoms with Crippen molar-refractivity contribution in [2.45, 2.75) is 185 Å². The van der Waals surface area contributed by atoms with Crippen LogP contribution < -0.4 is 0 Å². The van der Waals surface area contributed by atoms with Crippen LogP contribution in [0.1, 0.15) is 149 Å². The van der Waals surface area contributed by atoms with Gasteiger partial charge in [0.05, 0.1) is 6.61 Å². The molecule has 6 atom stereocenters. The Labute approximate surface area is 307 Å². The summed E-state index contributed by atoms with van der Waals surface area (Å²) >= 11 is 0. The van der Waals surface area contributed by atoms with Gasteiger partial charge in [-0.25, -0.2) is 4.79 Å². The molecule has 4 N–H and O–H groups in total. The monoisotopic (exact) mass is 748 g/mol. The van der Waals surface area contributed by atoms with Crippen LogP contribution in [0.25, 0.3) is 0 Å². The van der Waals surface area contributed by atoms with Crippen LogP contribution in [0.5, 0.6) is 0 Å². The fourth-order valence-corrected chi connectivity index (χ4v) is 6.51. The molecule has 13 heteroatoms. The lowest BCUT2D eigenvalue weighted by molar-refractivity contribution is -0.297. The first kappa shape index (κ1) is 47.2. The highest BCUT2D eigenvalue weighted by Crippen LogP contribution is 2.23. The summed E-state index contributed by atoms with van der Waals surface area (Å²) in [5, 5.41) is 30.7. The number of unbranched alkanes of at least 4 members (excludes halogenated alkanes) is 18. The highest BCUT2D eigenvalue weighted by molar-refractivity contribution is 7.85. The van der Waals surface area contributed by atoms with E-state index >= 15 is 0 Å². The Morgan fingerprint density at radius 3 is 1.78 bits per heavy atom. The molecule has 1 heterocycles. The van der Waals surface area contributed by atoms with Crippen LogP contribution in [0.15, 0.2) is 24.3 Å². The van der Waals surface area contributed by atoms with Crippen molar-refractivity contribution in [3.8, 4) is 0 Å². The smallest absolute Gasteiger partial charge is 0.331 e. The first-order valence-corrected chi connectivity index (χ1v) is 21.0. The molecule has 1 rings (SSSR count). The number of carbonyl (C=O) groups is 2. The molecule has 0 amide bonds. The summed E-state index contributed by atoms with van der Waals surface area (Å²) in [6, 6.07) is 0. The Kier molecular flexibility index (Phi) is 27.3. The molecule has 0 radical (unpaired) electrons. The van der Waals surface area contributed by atoms with E-state index in [2.05, 4.69) is 13.8 Å². The van der Waals surface area contributed by atoms with Gasteiger partial charge in [0.15, 0.2) is 12.4 Å². The zero-order valence-corrected chi connectivity index (χ0v) is 32.0. The average molecular weight is 749 g/mol. The fraction of sp³-hybridized carbons (Fsp3) is 0.842. The van der Waals surface area contributed by atoms with Gasteiger partial charge in [0.1, 0.15) is 36.8 Å². The molecule has 0 aromatic heterocycles. The van der Waals surface area contributed by atoms with Crippen LogP contribution in [0.2, 0.25) is 0 Å². The third-order valence-corrected chi connectivity index (χ3v) is 9.64. The maximum absolute atomic E-state index is 12.6. The minimum absolute atomic E-state index is 0.201. The largest absolute Gasteiger partial charge is 0.462 e. The van der Waals surface area contributed by atoms with Crippen LogP contribution in [-0.2, 0) is 38.7 Å². The van der Waals surface area contributed by atoms with E-state index in [1.807, 2.05) is 6.08 Å². The van der Waals surface area contributed by atoms with E-state index in [0.29, 0.717) is 6.42 Å². The molecular formula is C38H68O12S. The average Bonchev–Trinajstić information content (AvgIpc) is 3.09. The zero-order chi connectivity index (χ0) is 37.7. The zero-order valence-electron chi connectivity index (χ0n) is 31.2. The summed E-state index contributed by atoms with van der Waals surface area (Å²) in [4.78, 5) is 25.0. The fourth-order valence-electron chi connectivity index (χ4n) is 5.82. The van der Waals surface area contributed by atoms with Gasteiger partial charge in [-0.3, -0.25) is 9.35 Å². The van der Waals surface area contributed by atoms with Gasteiger partial charge in [-0.15, -0.1) is 0 Å². The van der Waals surface area contributed by atoms with Crippen LogP contribution in [0.4, 0.5) is 0 Å². The number of hydrogen-bond donors (Lipinski definition) is 4. The molecule has 298 valence electrons. The van der Waals surface area contributed by atoms with E-state index in [9.17, 15) is 37.9 Å². The van der Waals surface area contributed by atoms with E-state index in [1.54, 1.807) is 12.2 Å². The first-order valence-electron chi connectivity index (χ1n) is 19.4. The van der Waals surface area contributed by atoms with Crippen molar-refractivity contribution in [1.82, 2.24) is 0 Å². The second-order valence-electron chi connectivity index (χ2n) is 13.7. The maximum Gasteiger partial charge on any atom is 0.331 e. The Hall–Kier alpha value is -1.87. The lowest BCUT2D eigenvalue weighted by atomic mass is 10.00. The van der Waals surface area contributed by atoms with Crippen LogP contribution >= 0.6 is 0 Å². The number of aliphatic hydroxyl groups excluding tert-OH is 3. The maximum atomic E-state index is 12.6. The van der Waals surface area contributed by atoms with Gasteiger partial charge in [0.25, 0.3) is 10.1 Å². The quantitative estimate of drug-likeness (QED) is 0.0199. The van der Waals surface area contributed by atoms with Crippen molar-refractivity contribution < 1.29 is 56.8 Å². The number of hydrogen-bond acceptors (Lipinski definition) is 11. The Morgan fingerprint density at radius 2 is 1.24 bits per heavy atom. The molecule has 0 spiro atoms. The summed E-state index contributed by atoms with van der Waals surface area (Å²) in [7, 11) is -4.60. The number of ether oxygens (including phenoxy) is 4. The van der Waals surface area contributed by atoms with Crippen LogP contribution in [0.3, 0.4) is 0 Å². The molecule has 0 aliphatic carbocycles. The SMILES string of the molecule is CCCCCCCCCCCCC/C=C/C=C/C(=O)O[C@H](COC(=O)CCCCCCCCCC)CO[C@H]1O[C@H](CS(=O)(=O)O)[C@@H](O)C(O)C1O. The van der Waals surface area contributed by atoms with Gasteiger partial charge in [-0.1, -0.05) is 141 Å². The summed E-state index contributed by atoms with van der Waals surface area (Å²) in [6.45, 7) is 3.59. The Morgan fingerprint density at radius 1 is 0.706 bits per heavy atom. The molecule has 51 heavy (non-hydrogen) atoms. The van der Waals surface area contributed by atoms with Crippen molar-refractivity contribution in [3.05, 3.63) is 24.3 Å². The molecule has 2 unspecified atom stereocenters. The van der Waals surface area contributed by atoms with Gasteiger partial charge in [0.2, 0.25) is 0 Å². The molecule has 12 nitrogen and oxygen atoms in total. The van der Waals surface area contributed by atoms with Crippen LogP contribution in [0, 0.1) is 0 Å². The van der Waals surface area contributed by atoms with E-state index < -0.39 is 71.2 Å². The predicted octanol–water partition coefficient (Wildman–Crippen LogP) is 6.50. The topological polar surface area (TPSA) is 186 Å². The third-order valence-electron chi connectivity index (χ3n) is 8.89. The minimum Gasteiger partial charge on any atom is -0.462 e. The molecule has 0 saturated carbocycles. The molecule has 0 aromatic rings.